The number of hydrogen-bond donors (Lipinski definition) is 1. The van der Waals surface area contributed by atoms with Gasteiger partial charge in [-0.25, -0.2) is 26.4 Å². The summed E-state index contributed by atoms with van der Waals surface area (Å²) in [5.74, 6) is -0.360. The molecule has 0 saturated heterocycles. The lowest BCUT2D eigenvalue weighted by Gasteiger charge is -2.21. The molecule has 0 unspecified atom stereocenters. The Morgan fingerprint density at radius 2 is 1.02 bits per heavy atom. The first-order valence-electron chi connectivity index (χ1n) is 14.9. The van der Waals surface area contributed by atoms with Gasteiger partial charge in [-0.05, 0) is 95.0 Å². The number of likely N-dealkylation sites (N-methyl/N-ethyl adjacent to an activating group) is 2. The van der Waals surface area contributed by atoms with Gasteiger partial charge >= 0.3 is 11.9 Å². The largest absolute Gasteiger partial charge is 0.497 e. The zero-order chi connectivity index (χ0) is 37.0. The lowest BCUT2D eigenvalue weighted by molar-refractivity contribution is -0.160. The molecule has 0 radical (unpaired) electrons. The third-order valence-electron chi connectivity index (χ3n) is 6.64. The van der Waals surface area contributed by atoms with Crippen LogP contribution in [0.3, 0.4) is 0 Å². The summed E-state index contributed by atoms with van der Waals surface area (Å²) in [7, 11) is -1.37. The van der Waals surface area contributed by atoms with Gasteiger partial charge in [0.15, 0.2) is 0 Å². The molecule has 0 saturated carbocycles. The molecule has 2 rings (SSSR count). The zero-order valence-electron chi connectivity index (χ0n) is 29.7. The van der Waals surface area contributed by atoms with E-state index in [2.05, 4.69) is 0 Å². The summed E-state index contributed by atoms with van der Waals surface area (Å²) in [6.07, 6.45) is 0. The summed E-state index contributed by atoms with van der Waals surface area (Å²) in [5.41, 5.74) is 1.83. The van der Waals surface area contributed by atoms with Gasteiger partial charge in [-0.2, -0.15) is 8.61 Å². The number of hydrogen-bond acceptors (Lipinski definition) is 11. The lowest BCUT2D eigenvalue weighted by Crippen LogP contribution is -2.32. The number of carboxylic acids is 1. The van der Waals surface area contributed by atoms with Gasteiger partial charge in [-0.1, -0.05) is 0 Å². The Labute approximate surface area is 285 Å². The molecule has 0 heterocycles. The molecule has 2 aromatic carbocycles. The van der Waals surface area contributed by atoms with Gasteiger partial charge in [0.2, 0.25) is 20.0 Å². The topological polar surface area (TPSA) is 175 Å². The second-order valence-corrected chi connectivity index (χ2v) is 15.9. The smallest absolute Gasteiger partial charge is 0.332 e. The van der Waals surface area contributed by atoms with Crippen molar-refractivity contribution in [2.45, 2.75) is 63.9 Å². The monoisotopic (exact) mass is 718 g/mol. The minimum absolute atomic E-state index is 0.0102. The summed E-state index contributed by atoms with van der Waals surface area (Å²) in [6, 6.07) is 6.70. The van der Waals surface area contributed by atoms with Crippen LogP contribution in [0.25, 0.3) is 0 Å². The minimum Gasteiger partial charge on any atom is -0.497 e. The Balaban J connectivity index is 0.000000487. The zero-order valence-corrected chi connectivity index (χ0v) is 31.3. The van der Waals surface area contributed by atoms with Crippen LogP contribution in [0.4, 0.5) is 0 Å². The van der Waals surface area contributed by atoms with E-state index in [1.807, 2.05) is 0 Å². The molecule has 0 amide bonds. The molecule has 0 atom stereocenters. The number of sulfonamides is 2. The van der Waals surface area contributed by atoms with Crippen LogP contribution >= 0.6 is 0 Å². The van der Waals surface area contributed by atoms with Crippen molar-refractivity contribution in [3.05, 3.63) is 46.5 Å². The number of aliphatic carboxylic acids is 1. The Bertz CT molecular complexity index is 1570. The van der Waals surface area contributed by atoms with Crippen LogP contribution in [0.1, 0.15) is 43.0 Å². The number of carbonyl (C=O) groups is 2. The van der Waals surface area contributed by atoms with E-state index in [-0.39, 0.29) is 42.7 Å². The molecule has 272 valence electrons. The average molecular weight is 719 g/mol. The van der Waals surface area contributed by atoms with E-state index in [1.54, 1.807) is 72.7 Å². The van der Waals surface area contributed by atoms with Crippen molar-refractivity contribution in [1.29, 1.82) is 0 Å². The van der Waals surface area contributed by atoms with Crippen molar-refractivity contribution in [3.63, 3.8) is 0 Å². The predicted octanol–water partition coefficient (Wildman–Crippen LogP) is 3.32. The number of ether oxygens (including phenoxy) is 5. The molecule has 0 aliphatic carbocycles. The third-order valence-corrected chi connectivity index (χ3v) is 11.0. The molecule has 0 aliphatic heterocycles. The van der Waals surface area contributed by atoms with E-state index in [0.717, 1.165) is 4.31 Å². The predicted molar refractivity (Wildman–Crippen MR) is 180 cm³/mol. The molecule has 0 fully saturated rings. The summed E-state index contributed by atoms with van der Waals surface area (Å²) < 4.78 is 78.8. The van der Waals surface area contributed by atoms with Crippen LogP contribution in [0, 0.1) is 27.7 Å². The van der Waals surface area contributed by atoms with Gasteiger partial charge in [0.1, 0.15) is 30.3 Å². The number of aryl methyl sites for hydroxylation is 4. The van der Waals surface area contributed by atoms with Crippen LogP contribution in [-0.2, 0) is 43.8 Å². The lowest BCUT2D eigenvalue weighted by atomic mass is 10.1. The van der Waals surface area contributed by atoms with Gasteiger partial charge in [0, 0.05) is 27.2 Å². The first-order valence-corrected chi connectivity index (χ1v) is 17.8. The summed E-state index contributed by atoms with van der Waals surface area (Å²) in [5, 5.41) is 8.47. The number of methoxy groups -OCH3 is 2. The Kier molecular flexibility index (Phi) is 16.4. The van der Waals surface area contributed by atoms with E-state index in [9.17, 15) is 26.4 Å². The van der Waals surface area contributed by atoms with Crippen LogP contribution in [0.5, 0.6) is 11.5 Å². The number of carboxylic acid groups (broad SMARTS) is 1. The number of nitrogens with zero attached hydrogens (tertiary/aromatic N) is 2. The van der Waals surface area contributed by atoms with Crippen molar-refractivity contribution >= 4 is 32.0 Å². The number of carbonyl (C=O) groups excluding carboxylic acids is 1. The van der Waals surface area contributed by atoms with E-state index in [4.69, 9.17) is 28.8 Å². The third kappa shape index (κ3) is 13.0. The Morgan fingerprint density at radius 1 is 0.688 bits per heavy atom. The first-order chi connectivity index (χ1) is 22.1. The quantitative estimate of drug-likeness (QED) is 0.198. The highest BCUT2D eigenvalue weighted by Gasteiger charge is 2.27. The summed E-state index contributed by atoms with van der Waals surface area (Å²) in [6.45, 7) is 11.8. The van der Waals surface area contributed by atoms with Gasteiger partial charge in [0.05, 0.1) is 37.2 Å². The van der Waals surface area contributed by atoms with Crippen molar-refractivity contribution in [2.75, 3.05) is 67.8 Å². The molecule has 0 aliphatic rings. The molecular weight excluding hydrogens is 668 g/mol. The van der Waals surface area contributed by atoms with E-state index in [1.165, 1.54) is 32.6 Å². The molecule has 1 N–H and O–H groups in total. The van der Waals surface area contributed by atoms with Crippen molar-refractivity contribution in [1.82, 2.24) is 8.61 Å². The highest BCUT2D eigenvalue weighted by atomic mass is 32.2. The van der Waals surface area contributed by atoms with Gasteiger partial charge in [-0.3, -0.25) is 0 Å². The van der Waals surface area contributed by atoms with Crippen LogP contribution in [0.2, 0.25) is 0 Å². The van der Waals surface area contributed by atoms with Gasteiger partial charge in [0.25, 0.3) is 0 Å². The van der Waals surface area contributed by atoms with E-state index >= 15 is 0 Å². The van der Waals surface area contributed by atoms with Crippen LogP contribution in [-0.4, -0.2) is 116 Å². The number of esters is 1. The second-order valence-electron chi connectivity index (χ2n) is 11.9. The normalized spacial score (nSPS) is 12.0. The fourth-order valence-corrected chi connectivity index (χ4v) is 7.61. The molecule has 16 heteroatoms. The molecule has 0 spiro atoms. The van der Waals surface area contributed by atoms with E-state index in [0.29, 0.717) is 33.8 Å². The highest BCUT2D eigenvalue weighted by Crippen LogP contribution is 2.29. The van der Waals surface area contributed by atoms with Gasteiger partial charge < -0.3 is 28.8 Å². The maximum Gasteiger partial charge on any atom is 0.332 e. The highest BCUT2D eigenvalue weighted by molar-refractivity contribution is 7.89. The van der Waals surface area contributed by atoms with Crippen molar-refractivity contribution in [3.8, 4) is 11.5 Å². The van der Waals surface area contributed by atoms with Crippen molar-refractivity contribution < 1.29 is 55.2 Å². The van der Waals surface area contributed by atoms with Gasteiger partial charge in [-0.15, -0.1) is 0 Å². The first kappa shape index (κ1) is 42.7. The summed E-state index contributed by atoms with van der Waals surface area (Å²) >= 11 is 0. The fourth-order valence-electron chi connectivity index (χ4n) is 4.49. The minimum atomic E-state index is -3.68. The SMILES string of the molecule is COc1cc(C)c(S(=O)(=O)N(C)CCOCC(=O)O)c(C)c1.COc1cc(C)c(S(=O)(=O)N(C)CCOCC(=O)OC(C)(C)C)c(C)c1. The molecule has 0 bridgehead atoms. The maximum absolute atomic E-state index is 12.8. The van der Waals surface area contributed by atoms with E-state index < -0.39 is 44.2 Å². The molecule has 48 heavy (non-hydrogen) atoms. The Morgan fingerprint density at radius 3 is 1.31 bits per heavy atom. The van der Waals surface area contributed by atoms with Crippen LogP contribution in [0.15, 0.2) is 34.1 Å². The Hall–Kier alpha value is -3.28. The molecule has 0 aromatic heterocycles. The van der Waals surface area contributed by atoms with Crippen molar-refractivity contribution in [2.24, 2.45) is 0 Å². The standard InChI is InChI=1S/C18H29NO6S.C14H21NO6S/c1-13-10-15(23-7)11-14(2)17(13)26(21,22)19(6)8-9-24-12-16(20)25-18(3,4)5;1-10-7-12(20-4)8-11(2)14(10)22(18,19)15(3)5-6-21-9-13(16)17/h10-11H,8-9,12H2,1-7H3;7-8H,5-6,9H2,1-4H3,(H,16,17). The maximum atomic E-state index is 12.8. The number of benzene rings is 2. The fraction of sp³-hybridized carbons (Fsp3) is 0.562. The molecule has 14 nitrogen and oxygen atoms in total. The second kappa shape index (κ2) is 18.5. The number of rotatable bonds is 16. The molecule has 2 aromatic rings. The van der Waals surface area contributed by atoms with Crippen LogP contribution < -0.4 is 9.47 Å². The molecular formula is C32H50N2O12S2. The average Bonchev–Trinajstić information content (AvgIpc) is 2.95. The summed E-state index contributed by atoms with van der Waals surface area (Å²) in [4.78, 5) is 22.4.